The first kappa shape index (κ1) is 14.0. The van der Waals surface area contributed by atoms with Gasteiger partial charge in [-0.15, -0.1) is 0 Å². The molecule has 2 heterocycles. The van der Waals surface area contributed by atoms with Gasteiger partial charge in [0.1, 0.15) is 11.5 Å². The second kappa shape index (κ2) is 4.95. The van der Waals surface area contributed by atoms with Crippen LogP contribution in [0.1, 0.15) is 49.3 Å². The van der Waals surface area contributed by atoms with Crippen LogP contribution < -0.4 is 5.32 Å². The molecule has 0 saturated carbocycles. The molecule has 4 rings (SSSR count). The van der Waals surface area contributed by atoms with Crippen molar-refractivity contribution in [1.29, 1.82) is 0 Å². The van der Waals surface area contributed by atoms with Gasteiger partial charge in [-0.05, 0) is 56.4 Å². The quantitative estimate of drug-likeness (QED) is 0.917. The molecule has 0 bridgehead atoms. The van der Waals surface area contributed by atoms with E-state index in [9.17, 15) is 0 Å². The van der Waals surface area contributed by atoms with Crippen molar-refractivity contribution in [2.45, 2.75) is 52.0 Å². The van der Waals surface area contributed by atoms with Gasteiger partial charge in [0.2, 0.25) is 0 Å². The smallest absolute Gasteiger partial charge is 0.110 e. The van der Waals surface area contributed by atoms with Gasteiger partial charge in [-0.25, -0.2) is 0 Å². The van der Waals surface area contributed by atoms with Crippen molar-refractivity contribution in [3.63, 3.8) is 0 Å². The molecular weight excluding hydrogens is 272 g/mol. The summed E-state index contributed by atoms with van der Waals surface area (Å²) in [5.41, 5.74) is 5.01. The van der Waals surface area contributed by atoms with Gasteiger partial charge in [0.15, 0.2) is 0 Å². The number of aryl methyl sites for hydroxylation is 2. The number of furan rings is 1. The van der Waals surface area contributed by atoms with Crippen LogP contribution in [0.5, 0.6) is 0 Å². The van der Waals surface area contributed by atoms with Crippen molar-refractivity contribution in [2.24, 2.45) is 10.9 Å². The highest BCUT2D eigenvalue weighted by Crippen LogP contribution is 2.43. The van der Waals surface area contributed by atoms with Crippen LogP contribution in [-0.2, 0) is 12.8 Å². The standard InChI is InChI=1S/C19H24N2O/c1-12(2)10-21-19-9-14(19)8-16(20-11-19)18-13(3)22-17-7-5-4-6-15(17)18/h8-9,11-12,21H,4-7,10H2,1-3H3. The Morgan fingerprint density at radius 3 is 2.91 bits per heavy atom. The van der Waals surface area contributed by atoms with E-state index < -0.39 is 0 Å². The van der Waals surface area contributed by atoms with Crippen molar-refractivity contribution < 1.29 is 4.42 Å². The molecule has 1 aliphatic heterocycles. The van der Waals surface area contributed by atoms with Crippen molar-refractivity contribution in [2.75, 3.05) is 6.54 Å². The SMILES string of the molecule is Cc1oc2c(c1C1=CC3=CC3(NCC(C)C)C=N1)CCCC2. The highest BCUT2D eigenvalue weighted by atomic mass is 16.3. The molecule has 0 amide bonds. The first-order chi connectivity index (χ1) is 10.6. The monoisotopic (exact) mass is 296 g/mol. The molecule has 3 nitrogen and oxygen atoms in total. The number of aliphatic imine (C=N–C) groups is 1. The predicted octanol–water partition coefficient (Wildman–Crippen LogP) is 3.82. The van der Waals surface area contributed by atoms with Gasteiger partial charge in [-0.2, -0.15) is 0 Å². The van der Waals surface area contributed by atoms with E-state index in [0.29, 0.717) is 5.92 Å². The van der Waals surface area contributed by atoms with E-state index in [4.69, 9.17) is 9.41 Å². The summed E-state index contributed by atoms with van der Waals surface area (Å²) < 4.78 is 5.99. The second-order valence-corrected chi connectivity index (χ2v) is 7.17. The normalized spacial score (nSPS) is 25.6. The summed E-state index contributed by atoms with van der Waals surface area (Å²) in [6.45, 7) is 7.54. The van der Waals surface area contributed by atoms with Crippen LogP contribution in [0, 0.1) is 12.8 Å². The maximum Gasteiger partial charge on any atom is 0.110 e. The Hall–Kier alpha value is -1.61. The van der Waals surface area contributed by atoms with Gasteiger partial charge >= 0.3 is 0 Å². The molecule has 0 spiro atoms. The number of rotatable bonds is 4. The Bertz CT molecular complexity index is 705. The third kappa shape index (κ3) is 2.19. The van der Waals surface area contributed by atoms with Gasteiger partial charge in [-0.1, -0.05) is 13.8 Å². The Morgan fingerprint density at radius 1 is 1.32 bits per heavy atom. The molecule has 1 atom stereocenters. The molecule has 0 saturated heterocycles. The van der Waals surface area contributed by atoms with Gasteiger partial charge in [0, 0.05) is 23.8 Å². The zero-order chi connectivity index (χ0) is 15.3. The van der Waals surface area contributed by atoms with E-state index in [1.807, 2.05) is 0 Å². The topological polar surface area (TPSA) is 37.5 Å². The lowest BCUT2D eigenvalue weighted by Gasteiger charge is -2.20. The van der Waals surface area contributed by atoms with Gasteiger partial charge in [0.05, 0.1) is 11.2 Å². The minimum atomic E-state index is -0.0640. The van der Waals surface area contributed by atoms with Crippen LogP contribution in [0.4, 0.5) is 0 Å². The Morgan fingerprint density at radius 2 is 2.14 bits per heavy atom. The highest BCUT2D eigenvalue weighted by molar-refractivity contribution is 5.97. The molecular formula is C19H24N2O. The number of hydrogen-bond donors (Lipinski definition) is 1. The van der Waals surface area contributed by atoms with E-state index in [-0.39, 0.29) is 5.54 Å². The Labute approximate surface area is 132 Å². The number of hydrogen-bond acceptors (Lipinski definition) is 3. The summed E-state index contributed by atoms with van der Waals surface area (Å²) in [5, 5.41) is 3.60. The first-order valence-corrected chi connectivity index (χ1v) is 8.46. The average molecular weight is 296 g/mol. The molecule has 1 aromatic rings. The number of nitrogens with one attached hydrogen (secondary N) is 1. The molecule has 2 aliphatic carbocycles. The molecule has 0 aromatic carbocycles. The van der Waals surface area contributed by atoms with E-state index in [0.717, 1.165) is 30.8 Å². The molecule has 1 N–H and O–H groups in total. The Kier molecular flexibility index (Phi) is 3.15. The summed E-state index contributed by atoms with van der Waals surface area (Å²) in [5.74, 6) is 2.86. The fourth-order valence-electron chi connectivity index (χ4n) is 3.58. The molecule has 22 heavy (non-hydrogen) atoms. The predicted molar refractivity (Wildman–Crippen MR) is 90.2 cm³/mol. The maximum atomic E-state index is 5.99. The summed E-state index contributed by atoms with van der Waals surface area (Å²) in [6.07, 6.45) is 11.3. The average Bonchev–Trinajstić information content (AvgIpc) is 3.12. The molecule has 3 aliphatic rings. The zero-order valence-corrected chi connectivity index (χ0v) is 13.7. The van der Waals surface area contributed by atoms with E-state index in [1.54, 1.807) is 0 Å². The molecule has 3 heteroatoms. The molecule has 1 unspecified atom stereocenters. The largest absolute Gasteiger partial charge is 0.465 e. The minimum Gasteiger partial charge on any atom is -0.465 e. The van der Waals surface area contributed by atoms with Crippen molar-refractivity contribution in [3.05, 3.63) is 40.4 Å². The molecule has 1 aromatic heterocycles. The number of nitrogens with zero attached hydrogens (tertiary/aromatic N) is 1. The van der Waals surface area contributed by atoms with Crippen LogP contribution in [0.15, 0.2) is 27.1 Å². The van der Waals surface area contributed by atoms with Gasteiger partial charge in [-0.3, -0.25) is 10.3 Å². The van der Waals surface area contributed by atoms with Gasteiger partial charge in [0.25, 0.3) is 0 Å². The summed E-state index contributed by atoms with van der Waals surface area (Å²) in [4.78, 5) is 4.78. The third-order valence-electron chi connectivity index (χ3n) is 4.88. The van der Waals surface area contributed by atoms with Crippen molar-refractivity contribution in [3.8, 4) is 0 Å². The molecule has 0 fully saturated rings. The minimum absolute atomic E-state index is 0.0640. The zero-order valence-electron chi connectivity index (χ0n) is 13.7. The lowest BCUT2D eigenvalue weighted by Crippen LogP contribution is -2.39. The second-order valence-electron chi connectivity index (χ2n) is 7.17. The van der Waals surface area contributed by atoms with Crippen molar-refractivity contribution >= 4 is 11.9 Å². The van der Waals surface area contributed by atoms with Crippen LogP contribution in [0.3, 0.4) is 0 Å². The maximum absolute atomic E-state index is 5.99. The Balaban J connectivity index is 1.60. The summed E-state index contributed by atoms with van der Waals surface area (Å²) >= 11 is 0. The van der Waals surface area contributed by atoms with Crippen molar-refractivity contribution in [1.82, 2.24) is 5.32 Å². The lowest BCUT2D eigenvalue weighted by atomic mass is 9.92. The summed E-state index contributed by atoms with van der Waals surface area (Å²) in [7, 11) is 0. The molecule has 0 radical (unpaired) electrons. The van der Waals surface area contributed by atoms with Crippen LogP contribution in [0.2, 0.25) is 0 Å². The van der Waals surface area contributed by atoms with Gasteiger partial charge < -0.3 is 4.42 Å². The lowest BCUT2D eigenvalue weighted by molar-refractivity contribution is 0.458. The fourth-order valence-corrected chi connectivity index (χ4v) is 3.58. The van der Waals surface area contributed by atoms with Crippen LogP contribution >= 0.6 is 0 Å². The first-order valence-electron chi connectivity index (χ1n) is 8.46. The van der Waals surface area contributed by atoms with E-state index in [1.165, 1.54) is 35.3 Å². The van der Waals surface area contributed by atoms with E-state index in [2.05, 4.69) is 44.5 Å². The van der Waals surface area contributed by atoms with Crippen LogP contribution in [0.25, 0.3) is 5.70 Å². The summed E-state index contributed by atoms with van der Waals surface area (Å²) in [6, 6.07) is 0. The fraction of sp³-hybridized carbons (Fsp3) is 0.526. The molecule has 116 valence electrons. The highest BCUT2D eigenvalue weighted by Gasteiger charge is 2.43. The third-order valence-corrected chi connectivity index (χ3v) is 4.88. The van der Waals surface area contributed by atoms with Crippen LogP contribution in [-0.4, -0.2) is 18.3 Å². The number of fused-ring (bicyclic) bond motifs is 2. The van der Waals surface area contributed by atoms with E-state index >= 15 is 0 Å².